The van der Waals surface area contributed by atoms with Crippen LogP contribution in [0.1, 0.15) is 55.4 Å². The largest absolute Gasteiger partial charge is 0.476 e. The molecule has 0 amide bonds. The van der Waals surface area contributed by atoms with Gasteiger partial charge in [0.05, 0.1) is 12.4 Å². The molecule has 98 valence electrons. The Morgan fingerprint density at radius 3 is 2.33 bits per heavy atom. The first-order valence-electron chi connectivity index (χ1n) is 6.57. The van der Waals surface area contributed by atoms with Crippen LogP contribution in [0.15, 0.2) is 12.4 Å². The summed E-state index contributed by atoms with van der Waals surface area (Å²) in [6, 6.07) is 0.440. The van der Waals surface area contributed by atoms with E-state index in [1.807, 2.05) is 0 Å². The lowest BCUT2D eigenvalue weighted by Crippen LogP contribution is -2.21. The Bertz CT molecular complexity index is 384. The molecule has 2 N–H and O–H groups in total. The van der Waals surface area contributed by atoms with Crippen LogP contribution >= 0.6 is 0 Å². The smallest absolute Gasteiger partial charge is 0.356 e. The van der Waals surface area contributed by atoms with E-state index in [4.69, 9.17) is 5.11 Å². The summed E-state index contributed by atoms with van der Waals surface area (Å²) < 4.78 is 0. The minimum absolute atomic E-state index is 0.0155. The molecule has 0 radical (unpaired) electrons. The van der Waals surface area contributed by atoms with Crippen molar-refractivity contribution in [1.29, 1.82) is 0 Å². The van der Waals surface area contributed by atoms with Crippen LogP contribution in [0.2, 0.25) is 0 Å². The van der Waals surface area contributed by atoms with Gasteiger partial charge in [-0.1, -0.05) is 32.1 Å². The van der Waals surface area contributed by atoms with E-state index >= 15 is 0 Å². The number of nitrogens with one attached hydrogen (secondary N) is 1. The van der Waals surface area contributed by atoms with Crippen LogP contribution in [-0.2, 0) is 0 Å². The molecule has 1 saturated carbocycles. The Hall–Kier alpha value is -1.65. The molecule has 1 aromatic heterocycles. The topological polar surface area (TPSA) is 75.1 Å². The number of aromatic nitrogens is 2. The van der Waals surface area contributed by atoms with E-state index in [9.17, 15) is 4.79 Å². The fourth-order valence-electron chi connectivity index (χ4n) is 2.32. The fourth-order valence-corrected chi connectivity index (χ4v) is 2.32. The standard InChI is InChI=1S/C13H19N3O2/c17-13(18)11-8-15-12(9-14-11)16-10-6-4-2-1-3-5-7-10/h8-10H,1-7H2,(H,15,16)(H,17,18). The van der Waals surface area contributed by atoms with Crippen LogP contribution in [-0.4, -0.2) is 27.1 Å². The normalized spacial score (nSPS) is 17.8. The van der Waals surface area contributed by atoms with E-state index in [1.165, 1.54) is 44.5 Å². The van der Waals surface area contributed by atoms with Crippen LogP contribution in [0.4, 0.5) is 5.82 Å². The number of anilines is 1. The van der Waals surface area contributed by atoms with Crippen molar-refractivity contribution in [2.75, 3.05) is 5.32 Å². The monoisotopic (exact) mass is 249 g/mol. The summed E-state index contributed by atoms with van der Waals surface area (Å²) in [4.78, 5) is 18.6. The summed E-state index contributed by atoms with van der Waals surface area (Å²) in [6.45, 7) is 0. The van der Waals surface area contributed by atoms with Gasteiger partial charge in [-0.2, -0.15) is 0 Å². The van der Waals surface area contributed by atoms with E-state index in [0.717, 1.165) is 12.8 Å². The molecular weight excluding hydrogens is 230 g/mol. The maximum atomic E-state index is 10.7. The first-order valence-corrected chi connectivity index (χ1v) is 6.57. The summed E-state index contributed by atoms with van der Waals surface area (Å²) in [5.41, 5.74) is -0.0155. The third-order valence-corrected chi connectivity index (χ3v) is 3.33. The Labute approximate surface area is 107 Å². The zero-order valence-electron chi connectivity index (χ0n) is 10.4. The highest BCUT2D eigenvalue weighted by Gasteiger charge is 2.12. The predicted molar refractivity (Wildman–Crippen MR) is 68.7 cm³/mol. The van der Waals surface area contributed by atoms with Crippen molar-refractivity contribution in [2.45, 2.75) is 51.0 Å². The Kier molecular flexibility index (Phi) is 4.50. The molecule has 0 bridgehead atoms. The molecule has 0 aromatic carbocycles. The molecule has 2 rings (SSSR count). The van der Waals surface area contributed by atoms with Crippen molar-refractivity contribution in [3.8, 4) is 0 Å². The number of aromatic carboxylic acids is 1. The van der Waals surface area contributed by atoms with Gasteiger partial charge in [0, 0.05) is 6.04 Å². The summed E-state index contributed by atoms with van der Waals surface area (Å²) in [7, 11) is 0. The summed E-state index contributed by atoms with van der Waals surface area (Å²) in [5.74, 6) is -0.370. The van der Waals surface area contributed by atoms with Crippen molar-refractivity contribution in [3.63, 3.8) is 0 Å². The van der Waals surface area contributed by atoms with E-state index in [2.05, 4.69) is 15.3 Å². The molecule has 0 atom stereocenters. The minimum atomic E-state index is -1.04. The van der Waals surface area contributed by atoms with Crippen LogP contribution in [0, 0.1) is 0 Å². The lowest BCUT2D eigenvalue weighted by atomic mass is 9.97. The number of carboxylic acids is 1. The number of rotatable bonds is 3. The van der Waals surface area contributed by atoms with Crippen molar-refractivity contribution in [2.24, 2.45) is 0 Å². The van der Waals surface area contributed by atoms with Gasteiger partial charge >= 0.3 is 5.97 Å². The van der Waals surface area contributed by atoms with Gasteiger partial charge in [-0.3, -0.25) is 0 Å². The highest BCUT2D eigenvalue weighted by molar-refractivity contribution is 5.84. The molecule has 0 saturated heterocycles. The van der Waals surface area contributed by atoms with Crippen molar-refractivity contribution >= 4 is 11.8 Å². The van der Waals surface area contributed by atoms with Gasteiger partial charge < -0.3 is 10.4 Å². The van der Waals surface area contributed by atoms with Crippen LogP contribution in [0.25, 0.3) is 0 Å². The Balaban J connectivity index is 1.92. The third-order valence-electron chi connectivity index (χ3n) is 3.33. The number of hydrogen-bond donors (Lipinski definition) is 2. The van der Waals surface area contributed by atoms with Gasteiger partial charge in [0.2, 0.25) is 0 Å². The van der Waals surface area contributed by atoms with Gasteiger partial charge in [0.1, 0.15) is 5.82 Å². The molecule has 5 nitrogen and oxygen atoms in total. The highest BCUT2D eigenvalue weighted by Crippen LogP contribution is 2.19. The van der Waals surface area contributed by atoms with Gasteiger partial charge in [-0.05, 0) is 12.8 Å². The van der Waals surface area contributed by atoms with Gasteiger partial charge in [-0.25, -0.2) is 14.8 Å². The number of carbonyl (C=O) groups is 1. The zero-order valence-corrected chi connectivity index (χ0v) is 10.4. The molecule has 1 aromatic rings. The second-order valence-electron chi connectivity index (χ2n) is 4.78. The molecule has 5 heteroatoms. The maximum absolute atomic E-state index is 10.7. The number of carboxylic acid groups (broad SMARTS) is 1. The van der Waals surface area contributed by atoms with Gasteiger partial charge in [0.25, 0.3) is 0 Å². The molecule has 1 heterocycles. The highest BCUT2D eigenvalue weighted by atomic mass is 16.4. The zero-order chi connectivity index (χ0) is 12.8. The quantitative estimate of drug-likeness (QED) is 0.861. The third kappa shape index (κ3) is 3.68. The molecule has 0 spiro atoms. The average Bonchev–Trinajstić information content (AvgIpc) is 2.33. The van der Waals surface area contributed by atoms with E-state index in [-0.39, 0.29) is 5.69 Å². The first kappa shape index (κ1) is 12.8. The Morgan fingerprint density at radius 1 is 1.11 bits per heavy atom. The van der Waals surface area contributed by atoms with Crippen molar-refractivity contribution in [1.82, 2.24) is 9.97 Å². The first-order chi connectivity index (χ1) is 8.75. The SMILES string of the molecule is O=C(O)c1cnc(NC2CCCCCCC2)cn1. The Morgan fingerprint density at radius 2 is 1.78 bits per heavy atom. The van der Waals surface area contributed by atoms with Crippen LogP contribution in [0.5, 0.6) is 0 Å². The molecule has 1 aliphatic rings. The maximum Gasteiger partial charge on any atom is 0.356 e. The van der Waals surface area contributed by atoms with Crippen molar-refractivity contribution < 1.29 is 9.90 Å². The van der Waals surface area contributed by atoms with E-state index in [0.29, 0.717) is 11.9 Å². The lowest BCUT2D eigenvalue weighted by Gasteiger charge is -2.21. The molecule has 1 fully saturated rings. The molecule has 0 unspecified atom stereocenters. The van der Waals surface area contributed by atoms with Gasteiger partial charge in [-0.15, -0.1) is 0 Å². The molecule has 0 aliphatic heterocycles. The fraction of sp³-hybridized carbons (Fsp3) is 0.615. The number of nitrogens with zero attached hydrogens (tertiary/aromatic N) is 2. The van der Waals surface area contributed by atoms with Crippen LogP contribution < -0.4 is 5.32 Å². The predicted octanol–water partition coefficient (Wildman–Crippen LogP) is 2.70. The second kappa shape index (κ2) is 6.33. The van der Waals surface area contributed by atoms with E-state index < -0.39 is 5.97 Å². The molecule has 1 aliphatic carbocycles. The van der Waals surface area contributed by atoms with Gasteiger partial charge in [0.15, 0.2) is 5.69 Å². The summed E-state index contributed by atoms with van der Waals surface area (Å²) >= 11 is 0. The number of hydrogen-bond acceptors (Lipinski definition) is 4. The van der Waals surface area contributed by atoms with E-state index in [1.54, 1.807) is 0 Å². The van der Waals surface area contributed by atoms with Crippen molar-refractivity contribution in [3.05, 3.63) is 18.1 Å². The molecular formula is C13H19N3O2. The average molecular weight is 249 g/mol. The molecule has 18 heavy (non-hydrogen) atoms. The summed E-state index contributed by atoms with van der Waals surface area (Å²) in [5, 5.41) is 12.1. The summed E-state index contributed by atoms with van der Waals surface area (Å²) in [6.07, 6.45) is 11.6. The second-order valence-corrected chi connectivity index (χ2v) is 4.78. The minimum Gasteiger partial charge on any atom is -0.476 e. The van der Waals surface area contributed by atoms with Crippen LogP contribution in [0.3, 0.4) is 0 Å². The lowest BCUT2D eigenvalue weighted by molar-refractivity contribution is 0.0690.